The number of nitrogens with zero attached hydrogens (tertiary/aromatic N) is 2. The van der Waals surface area contributed by atoms with E-state index in [1.54, 1.807) is 0 Å². The zero-order valence-corrected chi connectivity index (χ0v) is 10.2. The fourth-order valence-corrected chi connectivity index (χ4v) is 1.82. The van der Waals surface area contributed by atoms with E-state index < -0.39 is 4.92 Å². The second kappa shape index (κ2) is 5.06. The summed E-state index contributed by atoms with van der Waals surface area (Å²) >= 11 is 0. The van der Waals surface area contributed by atoms with Crippen molar-refractivity contribution in [2.24, 2.45) is 5.41 Å². The largest absolute Gasteiger partial charge is 0.486 e. The maximum atomic E-state index is 10.9. The molecule has 0 heterocycles. The Kier molecular flexibility index (Phi) is 3.47. The number of carbonyl (C=O) groups excluding carboxylic acids is 1. The number of benzene rings is 1. The van der Waals surface area contributed by atoms with Gasteiger partial charge in [0.1, 0.15) is 6.29 Å². The Morgan fingerprint density at radius 1 is 1.53 bits per heavy atom. The average Bonchev–Trinajstić information content (AvgIpc) is 3.16. The molecule has 6 nitrogen and oxygen atoms in total. The summed E-state index contributed by atoms with van der Waals surface area (Å²) in [6, 6.07) is 6.08. The highest BCUT2D eigenvalue weighted by molar-refractivity contribution is 5.76. The van der Waals surface area contributed by atoms with Crippen molar-refractivity contribution in [2.45, 2.75) is 19.3 Å². The summed E-state index contributed by atoms with van der Waals surface area (Å²) in [7, 11) is 0. The Bertz CT molecular complexity index is 558. The van der Waals surface area contributed by atoms with Gasteiger partial charge in [-0.05, 0) is 25.0 Å². The van der Waals surface area contributed by atoms with Crippen LogP contribution in [0.25, 0.3) is 0 Å². The van der Waals surface area contributed by atoms with Crippen LogP contribution in [0.2, 0.25) is 0 Å². The van der Waals surface area contributed by atoms with Crippen molar-refractivity contribution < 1.29 is 14.5 Å². The smallest absolute Gasteiger partial charge is 0.310 e. The molecule has 0 N–H and O–H groups in total. The average molecular weight is 260 g/mol. The molecule has 0 saturated heterocycles. The molecule has 1 aromatic carbocycles. The fraction of sp³-hybridized carbons (Fsp3) is 0.385. The van der Waals surface area contributed by atoms with E-state index in [0.717, 1.165) is 12.8 Å². The number of nitro groups is 1. The maximum absolute atomic E-state index is 10.9. The lowest BCUT2D eigenvalue weighted by Crippen LogP contribution is -2.13. The molecule has 2 rings (SSSR count). The molecule has 98 valence electrons. The molecular weight excluding hydrogens is 248 g/mol. The van der Waals surface area contributed by atoms with Gasteiger partial charge < -0.3 is 4.74 Å². The van der Waals surface area contributed by atoms with E-state index in [1.807, 2.05) is 0 Å². The number of aldehydes is 1. The van der Waals surface area contributed by atoms with Crippen molar-refractivity contribution in [3.8, 4) is 11.8 Å². The zero-order valence-electron chi connectivity index (χ0n) is 10.2. The van der Waals surface area contributed by atoms with Crippen molar-refractivity contribution >= 4 is 12.0 Å². The highest BCUT2D eigenvalue weighted by Crippen LogP contribution is 2.49. The van der Waals surface area contributed by atoms with E-state index in [9.17, 15) is 14.9 Å². The lowest BCUT2D eigenvalue weighted by molar-refractivity contribution is -0.385. The SMILES string of the molecule is N#CCC1(COc2cc(C=O)ccc2[N+](=O)[O-])CC1. The minimum atomic E-state index is -0.548. The first kappa shape index (κ1) is 13.0. The minimum Gasteiger partial charge on any atom is -0.486 e. The lowest BCUT2D eigenvalue weighted by Gasteiger charge is -2.13. The van der Waals surface area contributed by atoms with Crippen LogP contribution in [-0.4, -0.2) is 17.8 Å². The van der Waals surface area contributed by atoms with Crippen LogP contribution in [-0.2, 0) is 0 Å². The molecule has 19 heavy (non-hydrogen) atoms. The highest BCUT2D eigenvalue weighted by atomic mass is 16.6. The van der Waals surface area contributed by atoms with E-state index in [4.69, 9.17) is 10.00 Å². The van der Waals surface area contributed by atoms with E-state index in [-0.39, 0.29) is 23.5 Å². The van der Waals surface area contributed by atoms with Crippen LogP contribution in [0.5, 0.6) is 5.75 Å². The summed E-state index contributed by atoms with van der Waals surface area (Å²) in [6.07, 6.45) is 2.77. The Morgan fingerprint density at radius 2 is 2.26 bits per heavy atom. The van der Waals surface area contributed by atoms with E-state index in [2.05, 4.69) is 6.07 Å². The number of nitro benzene ring substituents is 1. The van der Waals surface area contributed by atoms with Gasteiger partial charge in [0.2, 0.25) is 0 Å². The summed E-state index contributed by atoms with van der Waals surface area (Å²) in [5.74, 6) is 0.0822. The second-order valence-electron chi connectivity index (χ2n) is 4.73. The van der Waals surface area contributed by atoms with Gasteiger partial charge in [-0.25, -0.2) is 0 Å². The summed E-state index contributed by atoms with van der Waals surface area (Å²) in [4.78, 5) is 21.0. The molecule has 0 bridgehead atoms. The van der Waals surface area contributed by atoms with Crippen LogP contribution in [0.15, 0.2) is 18.2 Å². The van der Waals surface area contributed by atoms with Gasteiger partial charge >= 0.3 is 5.69 Å². The molecule has 1 aliphatic rings. The molecule has 1 fully saturated rings. The van der Waals surface area contributed by atoms with E-state index in [0.29, 0.717) is 18.3 Å². The monoisotopic (exact) mass is 260 g/mol. The van der Waals surface area contributed by atoms with Crippen molar-refractivity contribution in [3.05, 3.63) is 33.9 Å². The lowest BCUT2D eigenvalue weighted by atomic mass is 10.1. The fourth-order valence-electron chi connectivity index (χ4n) is 1.82. The molecule has 0 aliphatic heterocycles. The van der Waals surface area contributed by atoms with E-state index in [1.165, 1.54) is 18.2 Å². The zero-order chi connectivity index (χ0) is 13.9. The van der Waals surface area contributed by atoms with Crippen molar-refractivity contribution in [2.75, 3.05) is 6.61 Å². The molecule has 0 radical (unpaired) electrons. The van der Waals surface area contributed by atoms with Crippen LogP contribution in [0.1, 0.15) is 29.6 Å². The first-order valence-electron chi connectivity index (χ1n) is 5.84. The molecular formula is C13H12N2O4. The number of hydrogen-bond acceptors (Lipinski definition) is 5. The van der Waals surface area contributed by atoms with Gasteiger partial charge in [-0.1, -0.05) is 0 Å². The third kappa shape index (κ3) is 2.88. The predicted octanol–water partition coefficient (Wildman–Crippen LogP) is 2.48. The van der Waals surface area contributed by atoms with Gasteiger partial charge in [0.25, 0.3) is 0 Å². The van der Waals surface area contributed by atoms with Gasteiger partial charge in [0, 0.05) is 23.5 Å². The first-order valence-corrected chi connectivity index (χ1v) is 5.84. The summed E-state index contributed by atoms with van der Waals surface area (Å²) in [6.45, 7) is 0.268. The normalized spacial score (nSPS) is 15.3. The standard InChI is InChI=1S/C13H12N2O4/c14-6-5-13(3-4-13)9-19-12-7-10(8-16)1-2-11(12)15(17)18/h1-2,7-8H,3-5,9H2. The molecule has 0 spiro atoms. The Hall–Kier alpha value is -2.42. The van der Waals surface area contributed by atoms with Crippen LogP contribution in [0.4, 0.5) is 5.69 Å². The van der Waals surface area contributed by atoms with Crippen LogP contribution >= 0.6 is 0 Å². The molecule has 0 aromatic heterocycles. The summed E-state index contributed by atoms with van der Waals surface area (Å²) in [5.41, 5.74) is -0.0103. The van der Waals surface area contributed by atoms with Gasteiger partial charge in [-0.2, -0.15) is 5.26 Å². The van der Waals surface area contributed by atoms with Crippen molar-refractivity contribution in [1.29, 1.82) is 5.26 Å². The molecule has 0 amide bonds. The van der Waals surface area contributed by atoms with Crippen LogP contribution in [0, 0.1) is 26.9 Å². The second-order valence-corrected chi connectivity index (χ2v) is 4.73. The van der Waals surface area contributed by atoms with Gasteiger partial charge in [-0.15, -0.1) is 0 Å². The van der Waals surface area contributed by atoms with Gasteiger partial charge in [-0.3, -0.25) is 14.9 Å². The van der Waals surface area contributed by atoms with Crippen LogP contribution in [0.3, 0.4) is 0 Å². The highest BCUT2D eigenvalue weighted by Gasteiger charge is 2.43. The van der Waals surface area contributed by atoms with Gasteiger partial charge in [0.15, 0.2) is 5.75 Å². The first-order chi connectivity index (χ1) is 9.10. The predicted molar refractivity (Wildman–Crippen MR) is 65.9 cm³/mol. The molecule has 6 heteroatoms. The molecule has 1 aromatic rings. The summed E-state index contributed by atoms with van der Waals surface area (Å²) < 4.78 is 5.47. The number of ether oxygens (including phenoxy) is 1. The summed E-state index contributed by atoms with van der Waals surface area (Å²) in [5, 5.41) is 19.6. The molecule has 0 atom stereocenters. The number of rotatable bonds is 6. The molecule has 1 aliphatic carbocycles. The topological polar surface area (TPSA) is 93.2 Å². The minimum absolute atomic E-state index is 0.0822. The Labute approximate surface area is 109 Å². The number of hydrogen-bond donors (Lipinski definition) is 0. The Balaban J connectivity index is 2.16. The number of carbonyl (C=O) groups is 1. The molecule has 1 saturated carbocycles. The Morgan fingerprint density at radius 3 is 2.79 bits per heavy atom. The van der Waals surface area contributed by atoms with Gasteiger partial charge in [0.05, 0.1) is 17.6 Å². The van der Waals surface area contributed by atoms with E-state index >= 15 is 0 Å². The third-order valence-electron chi connectivity index (χ3n) is 3.26. The molecule has 0 unspecified atom stereocenters. The third-order valence-corrected chi connectivity index (χ3v) is 3.26. The quantitative estimate of drug-likeness (QED) is 0.445. The van der Waals surface area contributed by atoms with Crippen molar-refractivity contribution in [1.82, 2.24) is 0 Å². The van der Waals surface area contributed by atoms with Crippen molar-refractivity contribution in [3.63, 3.8) is 0 Å². The van der Waals surface area contributed by atoms with Crippen LogP contribution < -0.4 is 4.74 Å². The maximum Gasteiger partial charge on any atom is 0.310 e. The number of nitriles is 1.